The van der Waals surface area contributed by atoms with Crippen LogP contribution in [0.25, 0.3) is 0 Å². The lowest BCUT2D eigenvalue weighted by atomic mass is 9.93. The second kappa shape index (κ2) is 5.24. The summed E-state index contributed by atoms with van der Waals surface area (Å²) in [6, 6.07) is 5.24. The zero-order valence-electron chi connectivity index (χ0n) is 10.7. The highest BCUT2D eigenvalue weighted by Gasteiger charge is 2.22. The van der Waals surface area contributed by atoms with Crippen LogP contribution in [0.4, 0.5) is 0 Å². The van der Waals surface area contributed by atoms with E-state index in [0.29, 0.717) is 12.1 Å². The standard InChI is InChI=1S/C14H19N3S/c1-11(10-17-8-3-7-15-17)16-13-4-2-5-14-12(13)6-9-18-14/h3,6-9,11,13,16H,2,4-5,10H2,1H3. The van der Waals surface area contributed by atoms with E-state index in [0.717, 1.165) is 6.54 Å². The fraction of sp³-hybridized carbons (Fsp3) is 0.500. The molecule has 2 unspecified atom stereocenters. The van der Waals surface area contributed by atoms with Crippen molar-refractivity contribution in [2.24, 2.45) is 0 Å². The molecule has 2 aromatic rings. The second-order valence-electron chi connectivity index (χ2n) is 5.04. The van der Waals surface area contributed by atoms with Crippen molar-refractivity contribution >= 4 is 11.3 Å². The Morgan fingerprint density at radius 1 is 1.61 bits per heavy atom. The Morgan fingerprint density at radius 3 is 3.39 bits per heavy atom. The molecule has 0 aromatic carbocycles. The molecule has 96 valence electrons. The Morgan fingerprint density at radius 2 is 2.56 bits per heavy atom. The average Bonchev–Trinajstić information content (AvgIpc) is 2.99. The van der Waals surface area contributed by atoms with Crippen LogP contribution in [0.5, 0.6) is 0 Å². The zero-order chi connectivity index (χ0) is 12.4. The lowest BCUT2D eigenvalue weighted by Crippen LogP contribution is -2.35. The van der Waals surface area contributed by atoms with E-state index < -0.39 is 0 Å². The summed E-state index contributed by atoms with van der Waals surface area (Å²) in [4.78, 5) is 1.57. The molecule has 0 radical (unpaired) electrons. The highest BCUT2D eigenvalue weighted by atomic mass is 32.1. The first-order chi connectivity index (χ1) is 8.83. The molecule has 3 rings (SSSR count). The van der Waals surface area contributed by atoms with Crippen molar-refractivity contribution in [3.63, 3.8) is 0 Å². The maximum Gasteiger partial charge on any atom is 0.0560 e. The Bertz CT molecular complexity index is 489. The molecule has 4 heteroatoms. The lowest BCUT2D eigenvalue weighted by Gasteiger charge is -2.27. The van der Waals surface area contributed by atoms with Gasteiger partial charge >= 0.3 is 0 Å². The van der Waals surface area contributed by atoms with Crippen LogP contribution >= 0.6 is 11.3 Å². The van der Waals surface area contributed by atoms with Crippen molar-refractivity contribution in [1.29, 1.82) is 0 Å². The number of rotatable bonds is 4. The van der Waals surface area contributed by atoms with Crippen molar-refractivity contribution in [2.75, 3.05) is 0 Å². The third kappa shape index (κ3) is 2.49. The van der Waals surface area contributed by atoms with Gasteiger partial charge in [0.15, 0.2) is 0 Å². The van der Waals surface area contributed by atoms with Gasteiger partial charge in [0, 0.05) is 29.4 Å². The summed E-state index contributed by atoms with van der Waals surface area (Å²) >= 11 is 1.90. The maximum absolute atomic E-state index is 4.26. The molecule has 0 saturated heterocycles. The molecule has 18 heavy (non-hydrogen) atoms. The molecular weight excluding hydrogens is 242 g/mol. The summed E-state index contributed by atoms with van der Waals surface area (Å²) in [5, 5.41) is 10.2. The molecule has 0 saturated carbocycles. The summed E-state index contributed by atoms with van der Waals surface area (Å²) in [7, 11) is 0. The molecule has 0 amide bonds. The summed E-state index contributed by atoms with van der Waals surface area (Å²) in [6.07, 6.45) is 7.69. The van der Waals surface area contributed by atoms with Crippen LogP contribution < -0.4 is 5.32 Å². The van der Waals surface area contributed by atoms with Gasteiger partial charge in [-0.3, -0.25) is 4.68 Å². The van der Waals surface area contributed by atoms with Crippen LogP contribution in [0.1, 0.15) is 36.2 Å². The number of hydrogen-bond donors (Lipinski definition) is 1. The average molecular weight is 261 g/mol. The summed E-state index contributed by atoms with van der Waals surface area (Å²) < 4.78 is 2.00. The number of thiophene rings is 1. The molecule has 3 nitrogen and oxygen atoms in total. The van der Waals surface area contributed by atoms with E-state index in [1.165, 1.54) is 24.8 Å². The highest BCUT2D eigenvalue weighted by Crippen LogP contribution is 2.33. The number of aryl methyl sites for hydroxylation is 1. The van der Waals surface area contributed by atoms with Gasteiger partial charge in [-0.05, 0) is 49.3 Å². The van der Waals surface area contributed by atoms with Gasteiger partial charge in [0.05, 0.1) is 6.54 Å². The summed E-state index contributed by atoms with van der Waals surface area (Å²) in [5.74, 6) is 0. The van der Waals surface area contributed by atoms with Crippen LogP contribution in [-0.4, -0.2) is 15.8 Å². The van der Waals surface area contributed by atoms with E-state index in [1.54, 1.807) is 4.88 Å². The van der Waals surface area contributed by atoms with Crippen molar-refractivity contribution in [3.8, 4) is 0 Å². The summed E-state index contributed by atoms with van der Waals surface area (Å²) in [5.41, 5.74) is 1.53. The Balaban J connectivity index is 1.64. The molecule has 0 fully saturated rings. The van der Waals surface area contributed by atoms with E-state index in [2.05, 4.69) is 28.8 Å². The van der Waals surface area contributed by atoms with Crippen LogP contribution in [0, 0.1) is 0 Å². The molecule has 0 bridgehead atoms. The fourth-order valence-corrected chi connectivity index (χ4v) is 3.73. The normalized spacial score (nSPS) is 20.6. The monoisotopic (exact) mass is 261 g/mol. The fourth-order valence-electron chi connectivity index (χ4n) is 2.74. The quantitative estimate of drug-likeness (QED) is 0.917. The van der Waals surface area contributed by atoms with Crippen LogP contribution in [0.2, 0.25) is 0 Å². The second-order valence-corrected chi connectivity index (χ2v) is 6.04. The first-order valence-electron chi connectivity index (χ1n) is 6.62. The Hall–Kier alpha value is -1.13. The lowest BCUT2D eigenvalue weighted by molar-refractivity contribution is 0.372. The van der Waals surface area contributed by atoms with Crippen LogP contribution in [-0.2, 0) is 13.0 Å². The van der Waals surface area contributed by atoms with Gasteiger partial charge in [-0.15, -0.1) is 11.3 Å². The van der Waals surface area contributed by atoms with Crippen molar-refractivity contribution < 1.29 is 0 Å². The summed E-state index contributed by atoms with van der Waals surface area (Å²) in [6.45, 7) is 3.17. The van der Waals surface area contributed by atoms with Gasteiger partial charge in [-0.2, -0.15) is 5.10 Å². The topological polar surface area (TPSA) is 29.9 Å². The van der Waals surface area contributed by atoms with Crippen molar-refractivity contribution in [1.82, 2.24) is 15.1 Å². The third-order valence-corrected chi connectivity index (χ3v) is 4.55. The van der Waals surface area contributed by atoms with Gasteiger partial charge in [0.2, 0.25) is 0 Å². The number of aromatic nitrogens is 2. The number of fused-ring (bicyclic) bond motifs is 1. The minimum atomic E-state index is 0.445. The minimum Gasteiger partial charge on any atom is -0.306 e. The maximum atomic E-state index is 4.26. The third-order valence-electron chi connectivity index (χ3n) is 3.56. The minimum absolute atomic E-state index is 0.445. The Labute approximate surface area is 112 Å². The predicted octanol–water partition coefficient (Wildman–Crippen LogP) is 3.00. The largest absolute Gasteiger partial charge is 0.306 e. The molecule has 1 aliphatic carbocycles. The number of nitrogens with zero attached hydrogens (tertiary/aromatic N) is 2. The van der Waals surface area contributed by atoms with E-state index in [4.69, 9.17) is 0 Å². The van der Waals surface area contributed by atoms with E-state index in [9.17, 15) is 0 Å². The molecule has 1 aliphatic rings. The number of nitrogens with one attached hydrogen (secondary N) is 1. The highest BCUT2D eigenvalue weighted by molar-refractivity contribution is 7.10. The molecule has 2 atom stereocenters. The smallest absolute Gasteiger partial charge is 0.0560 e. The van der Waals surface area contributed by atoms with Crippen LogP contribution in [0.3, 0.4) is 0 Å². The van der Waals surface area contributed by atoms with Gasteiger partial charge in [0.1, 0.15) is 0 Å². The van der Waals surface area contributed by atoms with Gasteiger partial charge in [0.25, 0.3) is 0 Å². The van der Waals surface area contributed by atoms with E-state index >= 15 is 0 Å². The van der Waals surface area contributed by atoms with E-state index in [-0.39, 0.29) is 0 Å². The molecule has 0 spiro atoms. The van der Waals surface area contributed by atoms with Gasteiger partial charge in [-0.1, -0.05) is 0 Å². The van der Waals surface area contributed by atoms with Crippen LogP contribution in [0.15, 0.2) is 29.9 Å². The van der Waals surface area contributed by atoms with Gasteiger partial charge < -0.3 is 5.32 Å². The Kier molecular flexibility index (Phi) is 3.48. The molecule has 2 aromatic heterocycles. The number of hydrogen-bond acceptors (Lipinski definition) is 3. The first-order valence-corrected chi connectivity index (χ1v) is 7.50. The van der Waals surface area contributed by atoms with E-state index in [1.807, 2.05) is 34.5 Å². The molecule has 0 aliphatic heterocycles. The van der Waals surface area contributed by atoms with Crippen molar-refractivity contribution in [3.05, 3.63) is 40.3 Å². The zero-order valence-corrected chi connectivity index (χ0v) is 11.5. The predicted molar refractivity (Wildman–Crippen MR) is 74.8 cm³/mol. The molecular formula is C14H19N3S. The van der Waals surface area contributed by atoms with Gasteiger partial charge in [-0.25, -0.2) is 0 Å². The first kappa shape index (κ1) is 11.9. The molecule has 2 heterocycles. The SMILES string of the molecule is CC(Cn1cccn1)NC1CCCc2sccc21. The van der Waals surface area contributed by atoms with Crippen molar-refractivity contribution in [2.45, 2.75) is 44.8 Å². The molecule has 1 N–H and O–H groups in total.